The quantitative estimate of drug-likeness (QED) is 0.102. The standard InChI is InChI=1S/C116H76N4/c1-3-36-88(37-4-1)119-109-54-24-51-104(115(109)113-102-45-13-9-28-79(102)62-72-111(113)119)86-34-20-40-93(75-86)117(90-64-56-81(57-65-90)97-49-22-30-77-26-7-11-42-95(77)97)91-66-58-83(59-67-91)99-70-71-100(107-48-16-15-47-106(99)107)84-32-19-33-85(74-84)101-44-17-18-53-108(101)118(92-68-60-82(61-69-92)98-50-23-31-78-27-8-12-43-96(78)98)94-41-21-35-87(76-94)105-52-25-55-110-116(105)114-103-46-14-10-29-80(103)63-73-112(114)120(110)89-38-5-2-6-39-89/h1-76H. The summed E-state index contributed by atoms with van der Waals surface area (Å²) in [6.07, 6.45) is 0. The molecule has 0 saturated carbocycles. The van der Waals surface area contributed by atoms with Crippen LogP contribution < -0.4 is 9.80 Å². The average molecular weight is 1530 g/mol. The van der Waals surface area contributed by atoms with Crippen molar-refractivity contribution >= 4 is 132 Å². The van der Waals surface area contributed by atoms with E-state index in [1.807, 2.05) is 0 Å². The molecule has 2 heterocycles. The van der Waals surface area contributed by atoms with Gasteiger partial charge in [-0.25, -0.2) is 0 Å². The van der Waals surface area contributed by atoms with E-state index >= 15 is 0 Å². The molecule has 0 fully saturated rings. The Morgan fingerprint density at radius 2 is 0.458 bits per heavy atom. The Labute approximate surface area is 696 Å². The van der Waals surface area contributed by atoms with Crippen molar-refractivity contribution in [3.8, 4) is 89.3 Å². The van der Waals surface area contributed by atoms with Crippen LogP contribution in [0.25, 0.3) is 187 Å². The minimum absolute atomic E-state index is 1.05. The van der Waals surface area contributed by atoms with E-state index < -0.39 is 0 Å². The Hall–Kier alpha value is -15.9. The number of aromatic nitrogens is 2. The monoisotopic (exact) mass is 1520 g/mol. The molecule has 0 radical (unpaired) electrons. The van der Waals surface area contributed by atoms with Crippen molar-refractivity contribution in [3.05, 3.63) is 461 Å². The first-order valence-corrected chi connectivity index (χ1v) is 41.4. The third kappa shape index (κ3) is 11.8. The van der Waals surface area contributed by atoms with E-state index in [1.54, 1.807) is 0 Å². The van der Waals surface area contributed by atoms with Gasteiger partial charge in [0.05, 0.1) is 27.8 Å². The molecular formula is C116H76N4. The third-order valence-electron chi connectivity index (χ3n) is 24.7. The third-order valence-corrected chi connectivity index (χ3v) is 24.7. The lowest BCUT2D eigenvalue weighted by Crippen LogP contribution is -2.11. The van der Waals surface area contributed by atoms with Crippen molar-refractivity contribution < 1.29 is 0 Å². The average Bonchev–Trinajstić information content (AvgIpc) is 1.56. The van der Waals surface area contributed by atoms with Crippen LogP contribution in [0.2, 0.25) is 0 Å². The molecule has 0 N–H and O–H groups in total. The first kappa shape index (κ1) is 69.6. The van der Waals surface area contributed by atoms with Gasteiger partial charge in [-0.05, 0) is 248 Å². The molecule has 21 aromatic carbocycles. The van der Waals surface area contributed by atoms with E-state index in [0.717, 1.165) is 84.4 Å². The van der Waals surface area contributed by atoms with Crippen LogP contribution in [0.4, 0.5) is 34.1 Å². The number of hydrogen-bond donors (Lipinski definition) is 0. The molecule has 4 heteroatoms. The number of nitrogens with zero attached hydrogens (tertiary/aromatic N) is 4. The lowest BCUT2D eigenvalue weighted by Gasteiger charge is -2.28. The zero-order valence-corrected chi connectivity index (χ0v) is 65.7. The van der Waals surface area contributed by atoms with Crippen molar-refractivity contribution in [2.75, 3.05) is 9.80 Å². The summed E-state index contributed by atoms with van der Waals surface area (Å²) in [5, 5.41) is 17.2. The minimum Gasteiger partial charge on any atom is -0.310 e. The van der Waals surface area contributed by atoms with Crippen LogP contribution in [-0.2, 0) is 0 Å². The number of anilines is 6. The van der Waals surface area contributed by atoms with Gasteiger partial charge in [-0.3, -0.25) is 0 Å². The van der Waals surface area contributed by atoms with Crippen LogP contribution in [0.5, 0.6) is 0 Å². The number of benzene rings is 21. The zero-order chi connectivity index (χ0) is 79.1. The molecular weight excluding hydrogens is 1450 g/mol. The molecule has 120 heavy (non-hydrogen) atoms. The first-order valence-electron chi connectivity index (χ1n) is 41.4. The molecule has 0 unspecified atom stereocenters. The molecule has 0 aliphatic heterocycles. The second-order valence-electron chi connectivity index (χ2n) is 31.4. The van der Waals surface area contributed by atoms with E-state index in [4.69, 9.17) is 0 Å². The highest BCUT2D eigenvalue weighted by molar-refractivity contribution is 6.27. The van der Waals surface area contributed by atoms with Gasteiger partial charge in [0.25, 0.3) is 0 Å². The molecule has 0 aliphatic rings. The fraction of sp³-hybridized carbons (Fsp3) is 0. The van der Waals surface area contributed by atoms with Gasteiger partial charge in [-0.2, -0.15) is 0 Å². The Morgan fingerprint density at radius 1 is 0.150 bits per heavy atom. The Bertz CT molecular complexity index is 7940. The second-order valence-corrected chi connectivity index (χ2v) is 31.4. The molecule has 0 saturated heterocycles. The van der Waals surface area contributed by atoms with Crippen molar-refractivity contribution in [3.63, 3.8) is 0 Å². The molecule has 23 aromatic rings. The van der Waals surface area contributed by atoms with Crippen molar-refractivity contribution in [2.45, 2.75) is 0 Å². The van der Waals surface area contributed by atoms with E-state index in [1.165, 1.54) is 136 Å². The molecule has 0 aliphatic carbocycles. The first-order chi connectivity index (χ1) is 59.5. The highest BCUT2D eigenvalue weighted by Gasteiger charge is 2.26. The minimum atomic E-state index is 1.05. The predicted octanol–water partition coefficient (Wildman–Crippen LogP) is 32.3. The van der Waals surface area contributed by atoms with Crippen LogP contribution in [-0.4, -0.2) is 9.13 Å². The molecule has 2 aromatic heterocycles. The summed E-state index contributed by atoms with van der Waals surface area (Å²) in [7, 11) is 0. The summed E-state index contributed by atoms with van der Waals surface area (Å²) in [5.74, 6) is 0. The normalized spacial score (nSPS) is 11.7. The lowest BCUT2D eigenvalue weighted by atomic mass is 9.90. The Balaban J connectivity index is 0.625. The lowest BCUT2D eigenvalue weighted by molar-refractivity contribution is 1.18. The van der Waals surface area contributed by atoms with Crippen molar-refractivity contribution in [1.82, 2.24) is 9.13 Å². The maximum atomic E-state index is 2.46. The van der Waals surface area contributed by atoms with E-state index in [0.29, 0.717) is 0 Å². The van der Waals surface area contributed by atoms with E-state index in [-0.39, 0.29) is 0 Å². The highest BCUT2D eigenvalue weighted by atomic mass is 15.1. The van der Waals surface area contributed by atoms with Crippen LogP contribution in [0.15, 0.2) is 461 Å². The molecule has 0 atom stereocenters. The number of para-hydroxylation sites is 3. The van der Waals surface area contributed by atoms with Gasteiger partial charge in [0.1, 0.15) is 0 Å². The van der Waals surface area contributed by atoms with Crippen LogP contribution >= 0.6 is 0 Å². The summed E-state index contributed by atoms with van der Waals surface area (Å²) in [6, 6.07) is 170. The van der Waals surface area contributed by atoms with Crippen LogP contribution in [0.1, 0.15) is 0 Å². The van der Waals surface area contributed by atoms with Gasteiger partial charge in [-0.1, -0.05) is 340 Å². The molecule has 560 valence electrons. The van der Waals surface area contributed by atoms with Gasteiger partial charge in [0.15, 0.2) is 0 Å². The molecule has 4 nitrogen and oxygen atoms in total. The largest absolute Gasteiger partial charge is 0.310 e. The summed E-state index contributed by atoms with van der Waals surface area (Å²) in [5.41, 5.74) is 29.5. The topological polar surface area (TPSA) is 16.3 Å². The van der Waals surface area contributed by atoms with Gasteiger partial charge < -0.3 is 18.9 Å². The van der Waals surface area contributed by atoms with Crippen LogP contribution in [0.3, 0.4) is 0 Å². The zero-order valence-electron chi connectivity index (χ0n) is 65.7. The van der Waals surface area contributed by atoms with E-state index in [2.05, 4.69) is 480 Å². The summed E-state index contributed by atoms with van der Waals surface area (Å²) in [6.45, 7) is 0. The second kappa shape index (κ2) is 29.1. The van der Waals surface area contributed by atoms with Gasteiger partial charge >= 0.3 is 0 Å². The van der Waals surface area contributed by atoms with Crippen molar-refractivity contribution in [1.29, 1.82) is 0 Å². The van der Waals surface area contributed by atoms with Gasteiger partial charge in [0.2, 0.25) is 0 Å². The smallest absolute Gasteiger partial charge is 0.0547 e. The highest BCUT2D eigenvalue weighted by Crippen LogP contribution is 2.50. The van der Waals surface area contributed by atoms with Crippen molar-refractivity contribution in [2.24, 2.45) is 0 Å². The summed E-state index contributed by atoms with van der Waals surface area (Å²) >= 11 is 0. The number of fused-ring (bicyclic) bond motifs is 13. The maximum Gasteiger partial charge on any atom is 0.0547 e. The van der Waals surface area contributed by atoms with Crippen LogP contribution in [0, 0.1) is 0 Å². The Morgan fingerprint density at radius 3 is 0.933 bits per heavy atom. The van der Waals surface area contributed by atoms with E-state index in [9.17, 15) is 0 Å². The molecule has 0 spiro atoms. The summed E-state index contributed by atoms with van der Waals surface area (Å²) in [4.78, 5) is 4.89. The maximum absolute atomic E-state index is 2.46. The van der Waals surface area contributed by atoms with Gasteiger partial charge in [-0.15, -0.1) is 0 Å². The number of hydrogen-bond acceptors (Lipinski definition) is 2. The summed E-state index contributed by atoms with van der Waals surface area (Å²) < 4.78 is 4.87. The fourth-order valence-electron chi connectivity index (χ4n) is 19.2. The molecule has 23 rings (SSSR count). The predicted molar refractivity (Wildman–Crippen MR) is 510 cm³/mol. The Kier molecular flexibility index (Phi) is 16.9. The molecule has 0 bridgehead atoms. The fourth-order valence-corrected chi connectivity index (χ4v) is 19.2. The molecule has 0 amide bonds. The SMILES string of the molecule is c1ccc(-n2c3cccc(-c4cccc(N(c5ccc(-c6cccc7ccccc67)cc5)c5ccc(-c6ccc(-c7cccc(-c8ccccc8N(c8ccc(-c9cccc%10ccccc9%10)cc8)c8cccc(-c9cccc%10c9c9c%11ccccc%11ccc9n%10-c9ccccc9)c8)c7)c7ccccc67)cc5)c4)c3c3c4ccccc4ccc32)cc1. The van der Waals surface area contributed by atoms with Gasteiger partial charge in [0, 0.05) is 66.9 Å². The number of rotatable bonds is 15.